The fraction of sp³-hybridized carbons (Fsp3) is 0.182. The van der Waals surface area contributed by atoms with Crippen molar-refractivity contribution in [3.8, 4) is 0 Å². The number of hydrogen-bond donors (Lipinski definition) is 0. The first-order valence-corrected chi connectivity index (χ1v) is 5.79. The summed E-state index contributed by atoms with van der Waals surface area (Å²) in [7, 11) is 0. The molecule has 17 heavy (non-hydrogen) atoms. The van der Waals surface area contributed by atoms with Crippen molar-refractivity contribution in [1.82, 2.24) is 9.78 Å². The lowest BCUT2D eigenvalue weighted by Crippen LogP contribution is -2.05. The quantitative estimate of drug-likeness (QED) is 0.646. The molecule has 0 amide bonds. The average molecular weight is 296 g/mol. The molecule has 0 aliphatic rings. The summed E-state index contributed by atoms with van der Waals surface area (Å²) in [6.07, 6.45) is 1.71. The topological polar surface area (TPSA) is 61.0 Å². The molecule has 6 heteroatoms. The first-order chi connectivity index (χ1) is 8.09. The van der Waals surface area contributed by atoms with Crippen LogP contribution in [0.1, 0.15) is 11.3 Å². The predicted molar refractivity (Wildman–Crippen MR) is 66.9 cm³/mol. The molecule has 1 heterocycles. The van der Waals surface area contributed by atoms with Gasteiger partial charge in [0.2, 0.25) is 0 Å². The number of rotatable bonds is 3. The minimum Gasteiger partial charge on any atom is -0.265 e. The van der Waals surface area contributed by atoms with Crippen LogP contribution in [0, 0.1) is 17.0 Å². The van der Waals surface area contributed by atoms with E-state index in [0.29, 0.717) is 11.0 Å². The van der Waals surface area contributed by atoms with Gasteiger partial charge in [0.15, 0.2) is 0 Å². The fourth-order valence-electron chi connectivity index (χ4n) is 1.56. The van der Waals surface area contributed by atoms with Gasteiger partial charge < -0.3 is 0 Å². The molecule has 0 atom stereocenters. The summed E-state index contributed by atoms with van der Waals surface area (Å²) in [6.45, 7) is 2.46. The van der Waals surface area contributed by atoms with Crippen molar-refractivity contribution >= 4 is 21.6 Å². The summed E-state index contributed by atoms with van der Waals surface area (Å²) >= 11 is 3.27. The van der Waals surface area contributed by atoms with Crippen LogP contribution >= 0.6 is 15.9 Å². The molecule has 2 aromatic rings. The molecule has 5 nitrogen and oxygen atoms in total. The number of nitro benzene ring substituents is 1. The number of benzene rings is 1. The first-order valence-electron chi connectivity index (χ1n) is 5.00. The highest BCUT2D eigenvalue weighted by molar-refractivity contribution is 9.10. The molecule has 0 aliphatic heterocycles. The molecule has 88 valence electrons. The molecule has 0 saturated carbocycles. The van der Waals surface area contributed by atoms with E-state index >= 15 is 0 Å². The zero-order chi connectivity index (χ0) is 12.4. The molecule has 2 rings (SSSR count). The Labute approximate surface area is 106 Å². The van der Waals surface area contributed by atoms with Gasteiger partial charge in [-0.25, -0.2) is 0 Å². The van der Waals surface area contributed by atoms with E-state index in [1.54, 1.807) is 16.9 Å². The molecule has 0 unspecified atom stereocenters. The molecule has 0 fully saturated rings. The Morgan fingerprint density at radius 2 is 2.24 bits per heavy atom. The highest BCUT2D eigenvalue weighted by atomic mass is 79.9. The molecular formula is C11H10BrN3O2. The number of hydrogen-bond acceptors (Lipinski definition) is 3. The van der Waals surface area contributed by atoms with Crippen molar-refractivity contribution in [2.75, 3.05) is 0 Å². The lowest BCUT2D eigenvalue weighted by molar-refractivity contribution is -0.385. The molecule has 0 spiro atoms. The molecular weight excluding hydrogens is 286 g/mol. The van der Waals surface area contributed by atoms with Crippen molar-refractivity contribution in [2.24, 2.45) is 0 Å². The largest absolute Gasteiger partial charge is 0.283 e. The van der Waals surface area contributed by atoms with Crippen molar-refractivity contribution in [3.05, 3.63) is 56.3 Å². The minimum absolute atomic E-state index is 0.0762. The molecule has 0 bridgehead atoms. The third-order valence-electron chi connectivity index (χ3n) is 2.50. The molecule has 1 aromatic heterocycles. The Hall–Kier alpha value is -1.69. The summed E-state index contributed by atoms with van der Waals surface area (Å²) in [6, 6.07) is 6.89. The molecule has 0 aliphatic carbocycles. The summed E-state index contributed by atoms with van der Waals surface area (Å²) in [5, 5.41) is 14.9. The monoisotopic (exact) mass is 295 g/mol. The highest BCUT2D eigenvalue weighted by Gasteiger charge is 2.15. The van der Waals surface area contributed by atoms with E-state index in [4.69, 9.17) is 0 Å². The van der Waals surface area contributed by atoms with Gasteiger partial charge in [-0.1, -0.05) is 12.1 Å². The second-order valence-corrected chi connectivity index (χ2v) is 4.43. The van der Waals surface area contributed by atoms with Crippen molar-refractivity contribution < 1.29 is 4.92 Å². The van der Waals surface area contributed by atoms with Gasteiger partial charge in [0, 0.05) is 18.0 Å². The fourth-order valence-corrected chi connectivity index (χ4v) is 2.09. The van der Waals surface area contributed by atoms with E-state index in [2.05, 4.69) is 21.0 Å². The average Bonchev–Trinajstić information content (AvgIpc) is 2.67. The maximum atomic E-state index is 10.8. The maximum Gasteiger partial charge on any atom is 0.283 e. The first kappa shape index (κ1) is 11.8. The van der Waals surface area contributed by atoms with Gasteiger partial charge in [0.25, 0.3) is 5.69 Å². The molecule has 0 saturated heterocycles. The van der Waals surface area contributed by atoms with Crippen LogP contribution in [0.4, 0.5) is 5.69 Å². The van der Waals surface area contributed by atoms with Crippen LogP contribution in [-0.4, -0.2) is 14.7 Å². The van der Waals surface area contributed by atoms with E-state index in [1.807, 2.05) is 19.1 Å². The lowest BCUT2D eigenvalue weighted by Gasteiger charge is -2.07. The van der Waals surface area contributed by atoms with Gasteiger partial charge in [-0.15, -0.1) is 0 Å². The van der Waals surface area contributed by atoms with Gasteiger partial charge in [0.1, 0.15) is 4.47 Å². The van der Waals surface area contributed by atoms with Crippen LogP contribution in [0.25, 0.3) is 0 Å². The third-order valence-corrected chi connectivity index (χ3v) is 3.42. The van der Waals surface area contributed by atoms with Crippen molar-refractivity contribution in [2.45, 2.75) is 13.5 Å². The standard InChI is InChI=1S/C11H10BrN3O2/c1-8-5-6-13-14(8)7-9-3-2-4-10(11(9)12)15(16)17/h2-6H,7H2,1H3. The molecule has 1 aromatic carbocycles. The molecule has 0 N–H and O–H groups in total. The van der Waals surface area contributed by atoms with Crippen LogP contribution in [0.15, 0.2) is 34.9 Å². The summed E-state index contributed by atoms with van der Waals surface area (Å²) in [5.74, 6) is 0. The van der Waals surface area contributed by atoms with Gasteiger partial charge in [-0.3, -0.25) is 14.8 Å². The second-order valence-electron chi connectivity index (χ2n) is 3.64. The SMILES string of the molecule is Cc1ccnn1Cc1cccc([N+](=O)[O-])c1Br. The van der Waals surface area contributed by atoms with Crippen molar-refractivity contribution in [3.63, 3.8) is 0 Å². The summed E-state index contributed by atoms with van der Waals surface area (Å²) in [4.78, 5) is 10.4. The number of nitrogens with zero attached hydrogens (tertiary/aromatic N) is 3. The summed E-state index contributed by atoms with van der Waals surface area (Å²) < 4.78 is 2.31. The highest BCUT2D eigenvalue weighted by Crippen LogP contribution is 2.28. The summed E-state index contributed by atoms with van der Waals surface area (Å²) in [5.41, 5.74) is 1.93. The Morgan fingerprint density at radius 3 is 2.82 bits per heavy atom. The van der Waals surface area contributed by atoms with Gasteiger partial charge in [-0.2, -0.15) is 5.10 Å². The third kappa shape index (κ3) is 2.36. The van der Waals surface area contributed by atoms with Crippen LogP contribution in [-0.2, 0) is 6.54 Å². The smallest absolute Gasteiger partial charge is 0.265 e. The number of aromatic nitrogens is 2. The van der Waals surface area contributed by atoms with E-state index in [1.165, 1.54) is 6.07 Å². The predicted octanol–water partition coefficient (Wildman–Crippen LogP) is 2.91. The van der Waals surface area contributed by atoms with E-state index in [0.717, 1.165) is 11.3 Å². The van der Waals surface area contributed by atoms with Crippen LogP contribution < -0.4 is 0 Å². The number of halogens is 1. The van der Waals surface area contributed by atoms with Gasteiger partial charge in [-0.05, 0) is 34.5 Å². The zero-order valence-corrected chi connectivity index (χ0v) is 10.7. The number of aryl methyl sites for hydroxylation is 1. The number of nitro groups is 1. The molecule has 0 radical (unpaired) electrons. The lowest BCUT2D eigenvalue weighted by atomic mass is 10.2. The zero-order valence-electron chi connectivity index (χ0n) is 9.13. The normalized spacial score (nSPS) is 10.5. The van der Waals surface area contributed by atoms with Gasteiger partial charge >= 0.3 is 0 Å². The van der Waals surface area contributed by atoms with Gasteiger partial charge in [0.05, 0.1) is 11.5 Å². The Kier molecular flexibility index (Phi) is 3.23. The van der Waals surface area contributed by atoms with Crippen LogP contribution in [0.3, 0.4) is 0 Å². The van der Waals surface area contributed by atoms with Crippen LogP contribution in [0.5, 0.6) is 0 Å². The Morgan fingerprint density at radius 1 is 1.47 bits per heavy atom. The van der Waals surface area contributed by atoms with Crippen molar-refractivity contribution in [1.29, 1.82) is 0 Å². The van der Waals surface area contributed by atoms with E-state index in [9.17, 15) is 10.1 Å². The second kappa shape index (κ2) is 4.67. The van der Waals surface area contributed by atoms with Crippen LogP contribution in [0.2, 0.25) is 0 Å². The maximum absolute atomic E-state index is 10.8. The van der Waals surface area contributed by atoms with E-state index < -0.39 is 4.92 Å². The Balaban J connectivity index is 2.37. The Bertz CT molecular complexity index is 566. The minimum atomic E-state index is -0.399. The van der Waals surface area contributed by atoms with E-state index in [-0.39, 0.29) is 5.69 Å².